The van der Waals surface area contributed by atoms with Crippen LogP contribution in [0.1, 0.15) is 29.5 Å². The van der Waals surface area contributed by atoms with E-state index in [0.29, 0.717) is 29.5 Å². The highest BCUT2D eigenvalue weighted by molar-refractivity contribution is 5.94. The zero-order valence-electron chi connectivity index (χ0n) is 19.1. The molecule has 2 saturated heterocycles. The zero-order chi connectivity index (χ0) is 24.2. The van der Waals surface area contributed by atoms with Gasteiger partial charge in [-0.05, 0) is 42.0 Å². The predicted molar refractivity (Wildman–Crippen MR) is 125 cm³/mol. The summed E-state index contributed by atoms with van der Waals surface area (Å²) in [7, 11) is 0. The number of nitriles is 1. The molecule has 0 bridgehead atoms. The average molecular weight is 476 g/mol. The Balaban J connectivity index is 1.08. The van der Waals surface area contributed by atoms with Crippen LogP contribution in [0.25, 0.3) is 0 Å². The first-order valence-corrected chi connectivity index (χ1v) is 11.8. The first-order chi connectivity index (χ1) is 16.9. The van der Waals surface area contributed by atoms with E-state index in [4.69, 9.17) is 15.2 Å². The molecule has 1 spiro atoms. The van der Waals surface area contributed by atoms with Gasteiger partial charge >= 0.3 is 6.09 Å². The molecule has 11 heteroatoms. The molecule has 11 nitrogen and oxygen atoms in total. The van der Waals surface area contributed by atoms with Gasteiger partial charge in [-0.3, -0.25) is 9.69 Å². The number of nitrogens with two attached hydrogens (primary N) is 1. The van der Waals surface area contributed by atoms with Gasteiger partial charge in [0.15, 0.2) is 18.2 Å². The third-order valence-corrected chi connectivity index (χ3v) is 7.34. The summed E-state index contributed by atoms with van der Waals surface area (Å²) in [6.45, 7) is 2.86. The molecular formula is C24H25N7O4. The number of carbonyl (C=O) groups is 2. The van der Waals surface area contributed by atoms with E-state index in [-0.39, 0.29) is 24.2 Å². The van der Waals surface area contributed by atoms with E-state index in [1.807, 2.05) is 6.07 Å². The van der Waals surface area contributed by atoms with Crippen LogP contribution in [-0.2, 0) is 22.4 Å². The van der Waals surface area contributed by atoms with E-state index in [2.05, 4.69) is 26.3 Å². The molecule has 1 aliphatic carbocycles. The zero-order valence-corrected chi connectivity index (χ0v) is 19.1. The van der Waals surface area contributed by atoms with Crippen LogP contribution in [0, 0.1) is 17.2 Å². The first kappa shape index (κ1) is 21.6. The summed E-state index contributed by atoms with van der Waals surface area (Å²) in [5, 5.41) is 12.1. The normalized spacial score (nSPS) is 22.7. The number of anilines is 3. The number of carbonyl (C=O) groups excluding carboxylic acids is 2. The van der Waals surface area contributed by atoms with Gasteiger partial charge in [0.2, 0.25) is 0 Å². The molecule has 6 rings (SSSR count). The van der Waals surface area contributed by atoms with Crippen LogP contribution in [0.2, 0.25) is 0 Å². The van der Waals surface area contributed by atoms with Crippen molar-refractivity contribution < 1.29 is 19.1 Å². The molecule has 1 unspecified atom stereocenters. The quantitative estimate of drug-likeness (QED) is 0.630. The number of rotatable bonds is 3. The summed E-state index contributed by atoms with van der Waals surface area (Å²) < 4.78 is 11.1. The summed E-state index contributed by atoms with van der Waals surface area (Å²) in [6, 6.07) is 6.04. The van der Waals surface area contributed by atoms with Gasteiger partial charge in [-0.15, -0.1) is 0 Å². The van der Waals surface area contributed by atoms with E-state index in [1.165, 1.54) is 16.7 Å². The van der Waals surface area contributed by atoms with Gasteiger partial charge in [-0.1, -0.05) is 0 Å². The number of amides is 2. The van der Waals surface area contributed by atoms with Crippen molar-refractivity contribution in [2.24, 2.45) is 5.92 Å². The summed E-state index contributed by atoms with van der Waals surface area (Å²) in [4.78, 5) is 36.8. The van der Waals surface area contributed by atoms with Crippen molar-refractivity contribution in [3.8, 4) is 11.9 Å². The molecule has 4 heterocycles. The molecule has 180 valence electrons. The van der Waals surface area contributed by atoms with Crippen LogP contribution >= 0.6 is 0 Å². The molecule has 3 aliphatic heterocycles. The Hall–Kier alpha value is -3.91. The highest BCUT2D eigenvalue weighted by Crippen LogP contribution is 2.37. The van der Waals surface area contributed by atoms with Gasteiger partial charge in [-0.25, -0.2) is 14.8 Å². The molecule has 0 radical (unpaired) electrons. The van der Waals surface area contributed by atoms with Crippen molar-refractivity contribution in [3.63, 3.8) is 0 Å². The molecule has 4 aliphatic rings. The van der Waals surface area contributed by atoms with E-state index >= 15 is 0 Å². The van der Waals surface area contributed by atoms with E-state index in [0.717, 1.165) is 50.9 Å². The molecule has 3 N–H and O–H groups in total. The van der Waals surface area contributed by atoms with Crippen LogP contribution in [0.5, 0.6) is 5.88 Å². The lowest BCUT2D eigenvalue weighted by Crippen LogP contribution is -2.48. The highest BCUT2D eigenvalue weighted by Gasteiger charge is 2.48. The van der Waals surface area contributed by atoms with Gasteiger partial charge in [0.05, 0.1) is 24.4 Å². The number of nitrogen functional groups attached to an aromatic ring is 1. The summed E-state index contributed by atoms with van der Waals surface area (Å²) in [6.07, 6.45) is 4.28. The molecule has 1 atom stereocenters. The molecule has 2 fully saturated rings. The molecule has 1 aromatic carbocycles. The largest absolute Gasteiger partial charge is 0.465 e. The van der Waals surface area contributed by atoms with Crippen LogP contribution in [-0.4, -0.2) is 65.3 Å². The van der Waals surface area contributed by atoms with Gasteiger partial charge in [0.1, 0.15) is 5.60 Å². The minimum Gasteiger partial charge on any atom is -0.465 e. The number of piperidine rings is 1. The molecular weight excluding hydrogens is 450 g/mol. The lowest BCUT2D eigenvalue weighted by Gasteiger charge is -2.38. The topological polar surface area (TPSA) is 147 Å². The van der Waals surface area contributed by atoms with Crippen LogP contribution < -0.4 is 20.7 Å². The minimum atomic E-state index is -0.564. The third kappa shape index (κ3) is 3.89. The molecule has 1 aromatic heterocycles. The molecule has 0 saturated carbocycles. The Morgan fingerprint density at radius 3 is 2.89 bits per heavy atom. The summed E-state index contributed by atoms with van der Waals surface area (Å²) in [5.74, 6) is 0.909. The van der Waals surface area contributed by atoms with Crippen LogP contribution in [0.15, 0.2) is 18.3 Å². The smallest absolute Gasteiger partial charge is 0.416 e. The second-order valence-electron chi connectivity index (χ2n) is 9.75. The summed E-state index contributed by atoms with van der Waals surface area (Å²) in [5.41, 5.74) is 9.06. The molecule has 35 heavy (non-hydrogen) atoms. The van der Waals surface area contributed by atoms with Crippen molar-refractivity contribution in [3.05, 3.63) is 35.0 Å². The first-order valence-electron chi connectivity index (χ1n) is 11.8. The Morgan fingerprint density at radius 1 is 1.26 bits per heavy atom. The SMILES string of the molecule is N#Cc1cc(N)cc2c1CC(CN1CCC3(CC1)CN(c1cnc4c(n1)NC(=O)CO4)C(=O)O3)C2. The van der Waals surface area contributed by atoms with Gasteiger partial charge in [-0.2, -0.15) is 5.26 Å². The fourth-order valence-electron chi connectivity index (χ4n) is 5.64. The Bertz CT molecular complexity index is 1270. The number of likely N-dealkylation sites (tertiary alicyclic amines) is 1. The number of nitrogens with one attached hydrogen (secondary N) is 1. The number of benzene rings is 1. The van der Waals surface area contributed by atoms with E-state index in [1.54, 1.807) is 6.07 Å². The Labute approximate surface area is 201 Å². The van der Waals surface area contributed by atoms with Crippen LogP contribution in [0.3, 0.4) is 0 Å². The third-order valence-electron chi connectivity index (χ3n) is 7.34. The van der Waals surface area contributed by atoms with Crippen LogP contribution in [0.4, 0.5) is 22.1 Å². The monoisotopic (exact) mass is 475 g/mol. The maximum atomic E-state index is 12.7. The van der Waals surface area contributed by atoms with E-state index < -0.39 is 11.7 Å². The molecule has 2 aromatic rings. The van der Waals surface area contributed by atoms with Crippen molar-refractivity contribution in [2.75, 3.05) is 48.7 Å². The number of aromatic nitrogens is 2. The minimum absolute atomic E-state index is 0.104. The Kier molecular flexibility index (Phi) is 5.00. The van der Waals surface area contributed by atoms with Gasteiger partial charge < -0.3 is 25.4 Å². The highest BCUT2D eigenvalue weighted by atomic mass is 16.6. The predicted octanol–water partition coefficient (Wildman–Crippen LogP) is 1.47. The fourth-order valence-corrected chi connectivity index (χ4v) is 5.64. The Morgan fingerprint density at radius 2 is 2.09 bits per heavy atom. The van der Waals surface area contributed by atoms with E-state index in [9.17, 15) is 14.9 Å². The second kappa shape index (κ2) is 8.09. The maximum absolute atomic E-state index is 12.7. The standard InChI is InChI=1S/C24H25N7O4/c25-9-16-8-17(26)7-15-5-14(6-18(15)16)11-30-3-1-24(2-4-30)13-31(23(33)35-24)19-10-27-22-21(28-19)29-20(32)12-34-22/h7-8,10,14H,1-6,11-13,26H2,(H,28,29,32). The lowest BCUT2D eigenvalue weighted by atomic mass is 9.90. The van der Waals surface area contributed by atoms with Crippen molar-refractivity contribution >= 4 is 29.3 Å². The number of hydrogen-bond acceptors (Lipinski definition) is 9. The summed E-state index contributed by atoms with van der Waals surface area (Å²) >= 11 is 0. The number of hydrogen-bond donors (Lipinski definition) is 2. The second-order valence-corrected chi connectivity index (χ2v) is 9.75. The van der Waals surface area contributed by atoms with Gasteiger partial charge in [0.25, 0.3) is 11.8 Å². The van der Waals surface area contributed by atoms with Crippen molar-refractivity contribution in [1.29, 1.82) is 5.26 Å². The fraction of sp³-hybridized carbons (Fsp3) is 0.458. The van der Waals surface area contributed by atoms with Crippen molar-refractivity contribution in [2.45, 2.75) is 31.3 Å². The number of ether oxygens (including phenoxy) is 2. The maximum Gasteiger partial charge on any atom is 0.416 e. The number of fused-ring (bicyclic) bond motifs is 2. The molecule has 2 amide bonds. The number of nitrogens with zero attached hydrogens (tertiary/aromatic N) is 5. The van der Waals surface area contributed by atoms with Crippen molar-refractivity contribution in [1.82, 2.24) is 14.9 Å². The average Bonchev–Trinajstić information content (AvgIpc) is 3.39. The van der Waals surface area contributed by atoms with Gasteiger partial charge in [0, 0.05) is 38.2 Å². The lowest BCUT2D eigenvalue weighted by molar-refractivity contribution is -0.118.